The first-order valence-electron chi connectivity index (χ1n) is 12.1. The lowest BCUT2D eigenvalue weighted by Gasteiger charge is -2.38. The highest BCUT2D eigenvalue weighted by atomic mass is 19.1. The Bertz CT molecular complexity index is 524. The largest absolute Gasteiger partial charge is 0.494 e. The van der Waals surface area contributed by atoms with Crippen molar-refractivity contribution in [3.05, 3.63) is 30.1 Å². The van der Waals surface area contributed by atoms with Gasteiger partial charge in [0, 0.05) is 0 Å². The molecule has 2 saturated carbocycles. The van der Waals surface area contributed by atoms with Crippen molar-refractivity contribution in [2.24, 2.45) is 23.7 Å². The standard InChI is InChI=1S/C26H41FO/c1-2-3-4-6-21-8-12-23(13-9-21)24-14-10-22(11-15-24)7-5-20-28-26-18-16-25(27)17-19-26/h16-19,21-24H,2-15,20H2,1H3/t21-,22-,23-,24-. The van der Waals surface area contributed by atoms with Gasteiger partial charge in [-0.15, -0.1) is 0 Å². The maximum Gasteiger partial charge on any atom is 0.123 e. The highest BCUT2D eigenvalue weighted by Crippen LogP contribution is 2.43. The Morgan fingerprint density at radius 2 is 1.29 bits per heavy atom. The molecule has 0 unspecified atom stereocenters. The molecule has 2 heteroatoms. The second-order valence-electron chi connectivity index (χ2n) is 9.50. The van der Waals surface area contributed by atoms with Gasteiger partial charge in [0.1, 0.15) is 11.6 Å². The second-order valence-corrected chi connectivity index (χ2v) is 9.50. The smallest absolute Gasteiger partial charge is 0.123 e. The van der Waals surface area contributed by atoms with Gasteiger partial charge in [-0.25, -0.2) is 4.39 Å². The van der Waals surface area contributed by atoms with Gasteiger partial charge in [0.15, 0.2) is 0 Å². The molecule has 3 rings (SSSR count). The summed E-state index contributed by atoms with van der Waals surface area (Å²) in [6.07, 6.45) is 20.0. The monoisotopic (exact) mass is 388 g/mol. The summed E-state index contributed by atoms with van der Waals surface area (Å²) in [5, 5.41) is 0. The SMILES string of the molecule is CCCCC[C@H]1CC[C@H]([C@H]2CC[C@H](CCCOc3ccc(F)cc3)CC2)CC1. The van der Waals surface area contributed by atoms with Crippen molar-refractivity contribution in [2.75, 3.05) is 6.61 Å². The molecule has 0 heterocycles. The summed E-state index contributed by atoms with van der Waals surface area (Å²) in [7, 11) is 0. The van der Waals surface area contributed by atoms with Crippen molar-refractivity contribution in [2.45, 2.75) is 96.8 Å². The van der Waals surface area contributed by atoms with E-state index in [0.717, 1.165) is 42.4 Å². The fraction of sp³-hybridized carbons (Fsp3) is 0.769. The zero-order valence-electron chi connectivity index (χ0n) is 18.0. The van der Waals surface area contributed by atoms with Crippen LogP contribution in [0.1, 0.15) is 96.8 Å². The van der Waals surface area contributed by atoms with E-state index in [4.69, 9.17) is 4.74 Å². The lowest BCUT2D eigenvalue weighted by Crippen LogP contribution is -2.26. The van der Waals surface area contributed by atoms with Gasteiger partial charge in [0.05, 0.1) is 6.61 Å². The molecular formula is C26H41FO. The first kappa shape index (κ1) is 21.7. The van der Waals surface area contributed by atoms with Gasteiger partial charge in [0.25, 0.3) is 0 Å². The maximum atomic E-state index is 12.9. The van der Waals surface area contributed by atoms with Crippen LogP contribution in [0.2, 0.25) is 0 Å². The molecule has 2 fully saturated rings. The van der Waals surface area contributed by atoms with E-state index in [1.165, 1.54) is 95.6 Å². The molecule has 0 spiro atoms. The average Bonchev–Trinajstić information content (AvgIpc) is 2.74. The van der Waals surface area contributed by atoms with Crippen LogP contribution in [0.3, 0.4) is 0 Å². The Labute approximate surface area is 172 Å². The maximum absolute atomic E-state index is 12.9. The third kappa shape index (κ3) is 7.08. The van der Waals surface area contributed by atoms with E-state index in [1.54, 1.807) is 12.1 Å². The minimum Gasteiger partial charge on any atom is -0.494 e. The van der Waals surface area contributed by atoms with Crippen LogP contribution < -0.4 is 4.74 Å². The van der Waals surface area contributed by atoms with E-state index in [1.807, 2.05) is 0 Å². The van der Waals surface area contributed by atoms with E-state index in [-0.39, 0.29) is 5.82 Å². The summed E-state index contributed by atoms with van der Waals surface area (Å²) in [5.41, 5.74) is 0. The van der Waals surface area contributed by atoms with Crippen LogP contribution in [-0.4, -0.2) is 6.61 Å². The van der Waals surface area contributed by atoms with Gasteiger partial charge >= 0.3 is 0 Å². The summed E-state index contributed by atoms with van der Waals surface area (Å²) in [6, 6.07) is 6.38. The molecule has 28 heavy (non-hydrogen) atoms. The molecule has 0 N–H and O–H groups in total. The zero-order chi connectivity index (χ0) is 19.6. The van der Waals surface area contributed by atoms with E-state index < -0.39 is 0 Å². The summed E-state index contributed by atoms with van der Waals surface area (Å²) in [4.78, 5) is 0. The first-order valence-corrected chi connectivity index (χ1v) is 12.1. The molecule has 2 aliphatic rings. The van der Waals surface area contributed by atoms with Gasteiger partial charge in [-0.05, 0) is 86.5 Å². The topological polar surface area (TPSA) is 9.23 Å². The predicted molar refractivity (Wildman–Crippen MR) is 116 cm³/mol. The van der Waals surface area contributed by atoms with Gasteiger partial charge in [-0.3, -0.25) is 0 Å². The third-order valence-electron chi connectivity index (χ3n) is 7.50. The van der Waals surface area contributed by atoms with Crippen molar-refractivity contribution < 1.29 is 9.13 Å². The fourth-order valence-corrected chi connectivity index (χ4v) is 5.67. The van der Waals surface area contributed by atoms with Gasteiger partial charge in [-0.2, -0.15) is 0 Å². The third-order valence-corrected chi connectivity index (χ3v) is 7.50. The zero-order valence-corrected chi connectivity index (χ0v) is 18.0. The Hall–Kier alpha value is -1.05. The molecule has 1 aromatic rings. The van der Waals surface area contributed by atoms with Crippen LogP contribution in [0, 0.1) is 29.5 Å². The van der Waals surface area contributed by atoms with Gasteiger partial charge in [-0.1, -0.05) is 58.3 Å². The summed E-state index contributed by atoms with van der Waals surface area (Å²) < 4.78 is 18.7. The Balaban J connectivity index is 1.25. The number of rotatable bonds is 10. The van der Waals surface area contributed by atoms with Crippen LogP contribution in [0.5, 0.6) is 5.75 Å². The summed E-state index contributed by atoms with van der Waals surface area (Å²) in [6.45, 7) is 3.07. The van der Waals surface area contributed by atoms with E-state index >= 15 is 0 Å². The molecular weight excluding hydrogens is 347 g/mol. The molecule has 0 amide bonds. The number of ether oxygens (including phenoxy) is 1. The second kappa shape index (κ2) is 11.8. The Morgan fingerprint density at radius 3 is 1.82 bits per heavy atom. The Morgan fingerprint density at radius 1 is 0.750 bits per heavy atom. The molecule has 158 valence electrons. The number of hydrogen-bond donors (Lipinski definition) is 0. The lowest BCUT2D eigenvalue weighted by atomic mass is 9.68. The van der Waals surface area contributed by atoms with Crippen molar-refractivity contribution in [3.8, 4) is 5.75 Å². The highest BCUT2D eigenvalue weighted by Gasteiger charge is 2.30. The van der Waals surface area contributed by atoms with Gasteiger partial charge < -0.3 is 4.74 Å². The minimum atomic E-state index is -0.200. The van der Waals surface area contributed by atoms with Crippen molar-refractivity contribution >= 4 is 0 Å². The predicted octanol–water partition coefficient (Wildman–Crippen LogP) is 8.18. The van der Waals surface area contributed by atoms with Crippen LogP contribution in [0.15, 0.2) is 24.3 Å². The van der Waals surface area contributed by atoms with E-state index in [2.05, 4.69) is 6.92 Å². The summed E-state index contributed by atoms with van der Waals surface area (Å²) >= 11 is 0. The molecule has 0 aromatic heterocycles. The van der Waals surface area contributed by atoms with Crippen LogP contribution in [0.25, 0.3) is 0 Å². The fourth-order valence-electron chi connectivity index (χ4n) is 5.67. The minimum absolute atomic E-state index is 0.200. The quantitative estimate of drug-likeness (QED) is 0.367. The molecule has 0 aliphatic heterocycles. The molecule has 1 nitrogen and oxygen atoms in total. The number of halogens is 1. The van der Waals surface area contributed by atoms with Crippen molar-refractivity contribution in [3.63, 3.8) is 0 Å². The van der Waals surface area contributed by atoms with E-state index in [0.29, 0.717) is 0 Å². The highest BCUT2D eigenvalue weighted by molar-refractivity contribution is 5.21. The number of unbranched alkanes of at least 4 members (excludes halogenated alkanes) is 2. The molecule has 2 aliphatic carbocycles. The number of benzene rings is 1. The lowest BCUT2D eigenvalue weighted by molar-refractivity contribution is 0.138. The molecule has 0 bridgehead atoms. The molecule has 1 aromatic carbocycles. The first-order chi connectivity index (χ1) is 13.7. The number of hydrogen-bond acceptors (Lipinski definition) is 1. The normalized spacial score (nSPS) is 28.2. The molecule has 0 atom stereocenters. The van der Waals surface area contributed by atoms with Crippen molar-refractivity contribution in [1.29, 1.82) is 0 Å². The van der Waals surface area contributed by atoms with Crippen molar-refractivity contribution in [1.82, 2.24) is 0 Å². The molecule has 0 saturated heterocycles. The van der Waals surface area contributed by atoms with Gasteiger partial charge in [0.2, 0.25) is 0 Å². The summed E-state index contributed by atoms with van der Waals surface area (Å²) in [5.74, 6) is 4.58. The average molecular weight is 389 g/mol. The van der Waals surface area contributed by atoms with Crippen LogP contribution >= 0.6 is 0 Å². The van der Waals surface area contributed by atoms with Crippen LogP contribution in [-0.2, 0) is 0 Å². The van der Waals surface area contributed by atoms with E-state index in [9.17, 15) is 4.39 Å². The molecule has 0 radical (unpaired) electrons. The Kier molecular flexibility index (Phi) is 9.15. The van der Waals surface area contributed by atoms with Crippen LogP contribution in [0.4, 0.5) is 4.39 Å².